The molecule has 2 rings (SSSR count). The average Bonchev–Trinajstić information content (AvgIpc) is 2.47. The molecule has 2 aromatic rings. The van der Waals surface area contributed by atoms with Gasteiger partial charge in [-0.25, -0.2) is 0 Å². The van der Waals surface area contributed by atoms with Gasteiger partial charge in [0.15, 0.2) is 0 Å². The molecule has 0 bridgehead atoms. The van der Waals surface area contributed by atoms with Crippen LogP contribution in [0.25, 0.3) is 0 Å². The summed E-state index contributed by atoms with van der Waals surface area (Å²) in [5.74, 6) is 0.781. The second-order valence-electron chi connectivity index (χ2n) is 4.33. The van der Waals surface area contributed by atoms with Crippen molar-refractivity contribution in [2.24, 2.45) is 5.73 Å². The van der Waals surface area contributed by atoms with Crippen molar-refractivity contribution in [1.29, 1.82) is 0 Å². The van der Waals surface area contributed by atoms with Gasteiger partial charge < -0.3 is 15.8 Å². The average molecular weight is 311 g/mol. The van der Waals surface area contributed by atoms with Crippen molar-refractivity contribution >= 4 is 28.9 Å². The van der Waals surface area contributed by atoms with Crippen molar-refractivity contribution in [2.75, 3.05) is 19.0 Å². The maximum Gasteiger partial charge on any atom is 0.120 e. The molecule has 0 fully saturated rings. The number of nitrogens with two attached hydrogens (primary N) is 1. The first kappa shape index (κ1) is 15.0. The van der Waals surface area contributed by atoms with E-state index >= 15 is 0 Å². The summed E-state index contributed by atoms with van der Waals surface area (Å²) in [5, 5.41) is 4.61. The molecule has 5 heteroatoms. The fourth-order valence-corrected chi connectivity index (χ4v) is 2.39. The number of rotatable bonds is 5. The van der Waals surface area contributed by atoms with Gasteiger partial charge >= 0.3 is 0 Å². The molecule has 0 amide bonds. The van der Waals surface area contributed by atoms with E-state index in [4.69, 9.17) is 33.7 Å². The Kier molecular flexibility index (Phi) is 5.12. The minimum atomic E-state index is -0.117. The summed E-state index contributed by atoms with van der Waals surface area (Å²) in [7, 11) is 1.63. The van der Waals surface area contributed by atoms with E-state index in [9.17, 15) is 0 Å². The van der Waals surface area contributed by atoms with E-state index in [1.807, 2.05) is 30.3 Å². The van der Waals surface area contributed by atoms with Gasteiger partial charge in [-0.3, -0.25) is 0 Å². The van der Waals surface area contributed by atoms with Crippen LogP contribution >= 0.6 is 23.2 Å². The molecule has 0 aromatic heterocycles. The van der Waals surface area contributed by atoms with E-state index < -0.39 is 0 Å². The van der Waals surface area contributed by atoms with Crippen molar-refractivity contribution < 1.29 is 4.74 Å². The molecule has 20 heavy (non-hydrogen) atoms. The Balaban J connectivity index is 2.26. The first-order valence-corrected chi connectivity index (χ1v) is 6.95. The predicted molar refractivity (Wildman–Crippen MR) is 84.9 cm³/mol. The van der Waals surface area contributed by atoms with Crippen LogP contribution in [-0.2, 0) is 0 Å². The number of ether oxygens (including phenoxy) is 1. The second-order valence-corrected chi connectivity index (χ2v) is 5.17. The molecule has 2 aromatic carbocycles. The molecule has 0 heterocycles. The zero-order chi connectivity index (χ0) is 14.5. The van der Waals surface area contributed by atoms with Crippen molar-refractivity contribution in [3.05, 3.63) is 58.1 Å². The fourth-order valence-electron chi connectivity index (χ4n) is 1.96. The predicted octanol–water partition coefficient (Wildman–Crippen LogP) is 4.11. The maximum atomic E-state index is 6.22. The van der Waals surface area contributed by atoms with E-state index in [1.165, 1.54) is 0 Å². The lowest BCUT2D eigenvalue weighted by molar-refractivity contribution is 0.415. The molecule has 1 atom stereocenters. The highest BCUT2D eigenvalue weighted by atomic mass is 35.5. The summed E-state index contributed by atoms with van der Waals surface area (Å²) >= 11 is 12.2. The van der Waals surface area contributed by atoms with Gasteiger partial charge in [-0.1, -0.05) is 29.3 Å². The van der Waals surface area contributed by atoms with Crippen LogP contribution in [0.4, 0.5) is 5.69 Å². The highest BCUT2D eigenvalue weighted by Crippen LogP contribution is 2.29. The van der Waals surface area contributed by atoms with Gasteiger partial charge in [-0.2, -0.15) is 0 Å². The topological polar surface area (TPSA) is 47.3 Å². The van der Waals surface area contributed by atoms with Crippen molar-refractivity contribution in [3.8, 4) is 5.75 Å². The number of hydrogen-bond acceptors (Lipinski definition) is 3. The quantitative estimate of drug-likeness (QED) is 0.873. The number of anilines is 1. The lowest BCUT2D eigenvalue weighted by atomic mass is 10.1. The number of methoxy groups -OCH3 is 1. The fraction of sp³-hybridized carbons (Fsp3) is 0.200. The van der Waals surface area contributed by atoms with Crippen LogP contribution < -0.4 is 15.8 Å². The van der Waals surface area contributed by atoms with Gasteiger partial charge in [-0.15, -0.1) is 0 Å². The third kappa shape index (κ3) is 3.57. The van der Waals surface area contributed by atoms with E-state index in [2.05, 4.69) is 5.32 Å². The zero-order valence-electron chi connectivity index (χ0n) is 11.1. The van der Waals surface area contributed by atoms with E-state index in [-0.39, 0.29) is 6.04 Å². The van der Waals surface area contributed by atoms with Crippen LogP contribution in [-0.4, -0.2) is 13.7 Å². The molecular formula is C15H16Cl2N2O. The summed E-state index contributed by atoms with van der Waals surface area (Å²) in [4.78, 5) is 0. The van der Waals surface area contributed by atoms with Crippen molar-refractivity contribution in [2.45, 2.75) is 6.04 Å². The Morgan fingerprint density at radius 3 is 2.70 bits per heavy atom. The van der Waals surface area contributed by atoms with Crippen LogP contribution in [0.2, 0.25) is 10.0 Å². The lowest BCUT2D eigenvalue weighted by Gasteiger charge is -2.20. The van der Waals surface area contributed by atoms with Crippen LogP contribution in [0.1, 0.15) is 11.6 Å². The Labute approximate surface area is 128 Å². The number of hydrogen-bond donors (Lipinski definition) is 2. The van der Waals surface area contributed by atoms with Crippen LogP contribution in [0.15, 0.2) is 42.5 Å². The molecule has 0 aliphatic carbocycles. The lowest BCUT2D eigenvalue weighted by Crippen LogP contribution is -2.21. The Hall–Kier alpha value is -1.42. The first-order valence-electron chi connectivity index (χ1n) is 6.19. The van der Waals surface area contributed by atoms with E-state index in [0.29, 0.717) is 16.6 Å². The second kappa shape index (κ2) is 6.84. The van der Waals surface area contributed by atoms with Gasteiger partial charge in [0.1, 0.15) is 5.75 Å². The molecule has 1 unspecified atom stereocenters. The first-order chi connectivity index (χ1) is 9.63. The van der Waals surface area contributed by atoms with Gasteiger partial charge in [0.25, 0.3) is 0 Å². The van der Waals surface area contributed by atoms with Crippen LogP contribution in [0, 0.1) is 0 Å². The Morgan fingerprint density at radius 2 is 2.00 bits per heavy atom. The van der Waals surface area contributed by atoms with Crippen LogP contribution in [0.3, 0.4) is 0 Å². The third-order valence-corrected chi connectivity index (χ3v) is 3.56. The van der Waals surface area contributed by atoms with Gasteiger partial charge in [0.05, 0.1) is 13.2 Å². The SMILES string of the molecule is COc1cccc(NC(CN)c2cc(Cl)ccc2Cl)c1. The van der Waals surface area contributed by atoms with Crippen molar-refractivity contribution in [1.82, 2.24) is 0 Å². The summed E-state index contributed by atoms with van der Waals surface area (Å²) in [6, 6.07) is 12.9. The van der Waals surface area contributed by atoms with Crippen molar-refractivity contribution in [3.63, 3.8) is 0 Å². The largest absolute Gasteiger partial charge is 0.497 e. The minimum Gasteiger partial charge on any atom is -0.497 e. The number of benzene rings is 2. The minimum absolute atomic E-state index is 0.117. The summed E-state index contributed by atoms with van der Waals surface area (Å²) in [6.45, 7) is 0.400. The molecular weight excluding hydrogens is 295 g/mol. The normalized spacial score (nSPS) is 12.0. The molecule has 0 radical (unpaired) electrons. The molecule has 0 saturated carbocycles. The molecule has 3 N–H and O–H groups in total. The summed E-state index contributed by atoms with van der Waals surface area (Å²) in [5.41, 5.74) is 7.64. The standard InChI is InChI=1S/C15H16Cl2N2O/c1-20-12-4-2-3-11(8-12)19-15(9-18)13-7-10(16)5-6-14(13)17/h2-8,15,19H,9,18H2,1H3. The number of nitrogens with one attached hydrogen (secondary N) is 1. The smallest absolute Gasteiger partial charge is 0.120 e. The van der Waals surface area contributed by atoms with Gasteiger partial charge in [0, 0.05) is 28.3 Å². The zero-order valence-corrected chi connectivity index (χ0v) is 12.6. The number of halogens is 2. The van der Waals surface area contributed by atoms with Gasteiger partial charge in [-0.05, 0) is 35.9 Å². The molecule has 0 saturated heterocycles. The molecule has 106 valence electrons. The highest BCUT2D eigenvalue weighted by molar-refractivity contribution is 6.33. The summed E-state index contributed by atoms with van der Waals surface area (Å²) < 4.78 is 5.20. The highest BCUT2D eigenvalue weighted by Gasteiger charge is 2.14. The Morgan fingerprint density at radius 1 is 1.20 bits per heavy atom. The third-order valence-electron chi connectivity index (χ3n) is 2.98. The van der Waals surface area contributed by atoms with Crippen LogP contribution in [0.5, 0.6) is 5.75 Å². The monoisotopic (exact) mass is 310 g/mol. The van der Waals surface area contributed by atoms with E-state index in [1.54, 1.807) is 19.2 Å². The maximum absolute atomic E-state index is 6.22. The molecule has 3 nitrogen and oxygen atoms in total. The molecule has 0 aliphatic heterocycles. The Bertz CT molecular complexity index is 590. The summed E-state index contributed by atoms with van der Waals surface area (Å²) in [6.07, 6.45) is 0. The molecule has 0 spiro atoms. The molecule has 0 aliphatic rings. The van der Waals surface area contributed by atoms with Gasteiger partial charge in [0.2, 0.25) is 0 Å². The van der Waals surface area contributed by atoms with E-state index in [0.717, 1.165) is 17.0 Å².